The molecule has 0 fully saturated rings. The first-order valence-electron chi connectivity index (χ1n) is 7.06. The van der Waals surface area contributed by atoms with E-state index in [1.807, 2.05) is 54.6 Å². The van der Waals surface area contributed by atoms with E-state index in [-0.39, 0.29) is 5.91 Å². The maximum atomic E-state index is 12.4. The van der Waals surface area contributed by atoms with Crippen molar-refractivity contribution in [1.82, 2.24) is 4.98 Å². The largest absolute Gasteiger partial charge is 0.340 e. The van der Waals surface area contributed by atoms with Crippen LogP contribution in [0.3, 0.4) is 0 Å². The Morgan fingerprint density at radius 1 is 0.957 bits per heavy atom. The molecule has 3 aromatic rings. The number of amides is 1. The van der Waals surface area contributed by atoms with Crippen LogP contribution in [0.1, 0.15) is 10.4 Å². The molecule has 1 heterocycles. The number of pyridine rings is 1. The minimum atomic E-state index is -0.185. The number of carbonyl (C=O) groups excluding carboxylic acids is 1. The van der Waals surface area contributed by atoms with Crippen LogP contribution in [0.4, 0.5) is 17.2 Å². The molecule has 0 aliphatic carbocycles. The quantitative estimate of drug-likeness (QED) is 0.693. The van der Waals surface area contributed by atoms with Gasteiger partial charge in [0.1, 0.15) is 5.82 Å². The third-order valence-electron chi connectivity index (χ3n) is 3.19. The average molecular weight is 368 g/mol. The van der Waals surface area contributed by atoms with Crippen LogP contribution in [0.15, 0.2) is 77.4 Å². The Bertz CT molecular complexity index is 821. The molecular weight excluding hydrogens is 354 g/mol. The van der Waals surface area contributed by atoms with E-state index in [4.69, 9.17) is 0 Å². The average Bonchev–Trinajstić information content (AvgIpc) is 2.58. The van der Waals surface area contributed by atoms with Crippen LogP contribution < -0.4 is 10.6 Å². The van der Waals surface area contributed by atoms with Crippen molar-refractivity contribution in [1.29, 1.82) is 0 Å². The molecule has 0 spiro atoms. The van der Waals surface area contributed by atoms with Gasteiger partial charge in [-0.25, -0.2) is 4.98 Å². The van der Waals surface area contributed by atoms with E-state index < -0.39 is 0 Å². The molecule has 0 unspecified atom stereocenters. The standard InChI is InChI=1S/C18H14BrN3O/c19-15-8-4-5-9-16(15)22-18(23)13-10-11-20-17(12-13)21-14-6-2-1-3-7-14/h1-12H,(H,20,21)(H,22,23). The lowest BCUT2D eigenvalue weighted by molar-refractivity contribution is 0.102. The van der Waals surface area contributed by atoms with Crippen LogP contribution in [0, 0.1) is 0 Å². The first kappa shape index (κ1) is 15.2. The molecule has 23 heavy (non-hydrogen) atoms. The van der Waals surface area contributed by atoms with Gasteiger partial charge in [-0.3, -0.25) is 4.79 Å². The third-order valence-corrected chi connectivity index (χ3v) is 3.88. The topological polar surface area (TPSA) is 54.0 Å². The normalized spacial score (nSPS) is 10.1. The zero-order valence-electron chi connectivity index (χ0n) is 12.2. The second-order valence-electron chi connectivity index (χ2n) is 4.85. The fourth-order valence-electron chi connectivity index (χ4n) is 2.07. The summed E-state index contributed by atoms with van der Waals surface area (Å²) in [5.74, 6) is 0.436. The van der Waals surface area contributed by atoms with Crippen molar-refractivity contribution >= 4 is 39.0 Å². The Labute approximate surface area is 142 Å². The maximum absolute atomic E-state index is 12.4. The van der Waals surface area contributed by atoms with Gasteiger partial charge in [0.25, 0.3) is 5.91 Å². The van der Waals surface area contributed by atoms with Gasteiger partial charge in [-0.2, -0.15) is 0 Å². The van der Waals surface area contributed by atoms with Gasteiger partial charge in [-0.1, -0.05) is 30.3 Å². The predicted octanol–water partition coefficient (Wildman–Crippen LogP) is 4.84. The van der Waals surface area contributed by atoms with Gasteiger partial charge in [0.15, 0.2) is 0 Å². The number of aromatic nitrogens is 1. The predicted molar refractivity (Wildman–Crippen MR) is 96.1 cm³/mol. The van der Waals surface area contributed by atoms with Crippen molar-refractivity contribution in [2.24, 2.45) is 0 Å². The number of halogens is 1. The van der Waals surface area contributed by atoms with Crippen molar-refractivity contribution in [3.8, 4) is 0 Å². The zero-order valence-corrected chi connectivity index (χ0v) is 13.7. The molecular formula is C18H14BrN3O. The molecule has 1 aromatic heterocycles. The second-order valence-corrected chi connectivity index (χ2v) is 5.71. The number of carbonyl (C=O) groups is 1. The number of hydrogen-bond donors (Lipinski definition) is 2. The van der Waals surface area contributed by atoms with Crippen molar-refractivity contribution in [3.63, 3.8) is 0 Å². The monoisotopic (exact) mass is 367 g/mol. The molecule has 114 valence electrons. The fourth-order valence-corrected chi connectivity index (χ4v) is 2.45. The first-order valence-corrected chi connectivity index (χ1v) is 7.86. The summed E-state index contributed by atoms with van der Waals surface area (Å²) in [6.07, 6.45) is 1.61. The highest BCUT2D eigenvalue weighted by Crippen LogP contribution is 2.22. The fraction of sp³-hybridized carbons (Fsp3) is 0. The Morgan fingerprint density at radius 2 is 1.70 bits per heavy atom. The molecule has 2 N–H and O–H groups in total. The summed E-state index contributed by atoms with van der Waals surface area (Å²) in [7, 11) is 0. The number of rotatable bonds is 4. The molecule has 2 aromatic carbocycles. The Balaban J connectivity index is 1.77. The molecule has 0 bridgehead atoms. The van der Waals surface area contributed by atoms with E-state index >= 15 is 0 Å². The molecule has 0 aliphatic rings. The Hall–Kier alpha value is -2.66. The smallest absolute Gasteiger partial charge is 0.255 e. The van der Waals surface area contributed by atoms with Gasteiger partial charge in [0.05, 0.1) is 5.69 Å². The van der Waals surface area contributed by atoms with Gasteiger partial charge in [0, 0.05) is 21.9 Å². The molecule has 0 saturated heterocycles. The van der Waals surface area contributed by atoms with E-state index in [0.29, 0.717) is 11.4 Å². The highest BCUT2D eigenvalue weighted by atomic mass is 79.9. The van der Waals surface area contributed by atoms with Crippen molar-refractivity contribution in [2.45, 2.75) is 0 Å². The second kappa shape index (κ2) is 7.07. The number of nitrogens with one attached hydrogen (secondary N) is 2. The lowest BCUT2D eigenvalue weighted by atomic mass is 10.2. The number of anilines is 3. The maximum Gasteiger partial charge on any atom is 0.255 e. The van der Waals surface area contributed by atoms with Crippen LogP contribution in [0.5, 0.6) is 0 Å². The van der Waals surface area contributed by atoms with Gasteiger partial charge in [-0.15, -0.1) is 0 Å². The van der Waals surface area contributed by atoms with Gasteiger partial charge < -0.3 is 10.6 Å². The lowest BCUT2D eigenvalue weighted by Crippen LogP contribution is -2.12. The van der Waals surface area contributed by atoms with E-state index in [0.717, 1.165) is 15.8 Å². The molecule has 0 saturated carbocycles. The van der Waals surface area contributed by atoms with Gasteiger partial charge in [-0.05, 0) is 52.3 Å². The van der Waals surface area contributed by atoms with Crippen LogP contribution in [0.2, 0.25) is 0 Å². The molecule has 0 radical (unpaired) electrons. The first-order chi connectivity index (χ1) is 11.2. The highest BCUT2D eigenvalue weighted by Gasteiger charge is 2.09. The van der Waals surface area contributed by atoms with Crippen LogP contribution >= 0.6 is 15.9 Å². The van der Waals surface area contributed by atoms with Crippen LogP contribution in [-0.2, 0) is 0 Å². The number of benzene rings is 2. The SMILES string of the molecule is O=C(Nc1ccccc1Br)c1ccnc(Nc2ccccc2)c1. The molecule has 0 aliphatic heterocycles. The van der Waals surface area contributed by atoms with E-state index in [1.54, 1.807) is 18.3 Å². The number of hydrogen-bond acceptors (Lipinski definition) is 3. The van der Waals surface area contributed by atoms with Crippen molar-refractivity contribution in [3.05, 3.63) is 83.0 Å². The molecule has 4 nitrogen and oxygen atoms in total. The third kappa shape index (κ3) is 3.96. The molecule has 1 amide bonds. The molecule has 3 rings (SSSR count). The van der Waals surface area contributed by atoms with Gasteiger partial charge >= 0.3 is 0 Å². The molecule has 5 heteroatoms. The lowest BCUT2D eigenvalue weighted by Gasteiger charge is -2.09. The van der Waals surface area contributed by atoms with Gasteiger partial charge in [0.2, 0.25) is 0 Å². The Kier molecular flexibility index (Phi) is 4.68. The number of para-hydroxylation sites is 2. The minimum Gasteiger partial charge on any atom is -0.340 e. The summed E-state index contributed by atoms with van der Waals surface area (Å²) < 4.78 is 0.838. The summed E-state index contributed by atoms with van der Waals surface area (Å²) >= 11 is 3.42. The van der Waals surface area contributed by atoms with E-state index in [1.165, 1.54) is 0 Å². The minimum absolute atomic E-state index is 0.185. The summed E-state index contributed by atoms with van der Waals surface area (Å²) in [5, 5.41) is 6.05. The van der Waals surface area contributed by atoms with Crippen LogP contribution in [0.25, 0.3) is 0 Å². The van der Waals surface area contributed by atoms with E-state index in [9.17, 15) is 4.79 Å². The summed E-state index contributed by atoms with van der Waals surface area (Å²) in [6, 6.07) is 20.6. The number of nitrogens with zero attached hydrogens (tertiary/aromatic N) is 1. The molecule has 0 atom stereocenters. The zero-order chi connectivity index (χ0) is 16.1. The summed E-state index contributed by atoms with van der Waals surface area (Å²) in [6.45, 7) is 0. The summed E-state index contributed by atoms with van der Waals surface area (Å²) in [5.41, 5.74) is 2.18. The highest BCUT2D eigenvalue weighted by molar-refractivity contribution is 9.10. The van der Waals surface area contributed by atoms with Crippen molar-refractivity contribution < 1.29 is 4.79 Å². The Morgan fingerprint density at radius 3 is 2.48 bits per heavy atom. The van der Waals surface area contributed by atoms with E-state index in [2.05, 4.69) is 31.5 Å². The van der Waals surface area contributed by atoms with Crippen LogP contribution in [-0.4, -0.2) is 10.9 Å². The van der Waals surface area contributed by atoms with Crippen molar-refractivity contribution in [2.75, 3.05) is 10.6 Å². The summed E-state index contributed by atoms with van der Waals surface area (Å²) in [4.78, 5) is 16.6.